The zero-order valence-electron chi connectivity index (χ0n) is 5.32. The summed E-state index contributed by atoms with van der Waals surface area (Å²) < 4.78 is 0. The summed E-state index contributed by atoms with van der Waals surface area (Å²) >= 11 is 1.44. The normalized spacial score (nSPS) is 8.75. The van der Waals surface area contributed by atoms with Gasteiger partial charge in [-0.1, -0.05) is 18.7 Å². The summed E-state index contributed by atoms with van der Waals surface area (Å²) in [5, 5.41) is 10.6. The summed E-state index contributed by atoms with van der Waals surface area (Å²) in [6.45, 7) is 3.00. The molecular weight excluding hydrogens is 120 g/mol. The predicted molar refractivity (Wildman–Crippen MR) is 39.5 cm³/mol. The zero-order valence-corrected chi connectivity index (χ0v) is 6.14. The molecule has 0 atom stereocenters. The lowest BCUT2D eigenvalue weighted by atomic mass is 10.5. The van der Waals surface area contributed by atoms with E-state index in [1.165, 1.54) is 11.8 Å². The molecule has 0 rings (SSSR count). The van der Waals surface area contributed by atoms with Gasteiger partial charge in [-0.2, -0.15) is 0 Å². The first kappa shape index (κ1) is 7.82. The lowest BCUT2D eigenvalue weighted by Gasteiger charge is -2.00. The lowest BCUT2D eigenvalue weighted by Crippen LogP contribution is -2.19. The van der Waals surface area contributed by atoms with E-state index in [2.05, 4.69) is 12.2 Å². The van der Waals surface area contributed by atoms with Crippen molar-refractivity contribution in [3.63, 3.8) is 0 Å². The Morgan fingerprint density at radius 2 is 2.38 bits per heavy atom. The van der Waals surface area contributed by atoms with Crippen LogP contribution in [0.1, 0.15) is 13.3 Å². The molecule has 0 aliphatic rings. The molecule has 0 bridgehead atoms. The zero-order chi connectivity index (χ0) is 6.41. The van der Waals surface area contributed by atoms with Crippen LogP contribution in [0.25, 0.3) is 0 Å². The Labute approximate surface area is 54.6 Å². The van der Waals surface area contributed by atoms with Crippen molar-refractivity contribution in [1.29, 1.82) is 5.41 Å². The van der Waals surface area contributed by atoms with Gasteiger partial charge in [0.2, 0.25) is 0 Å². The van der Waals surface area contributed by atoms with E-state index in [4.69, 9.17) is 5.41 Å². The molecule has 0 aromatic carbocycles. The largest absolute Gasteiger partial charge is 0.365 e. The number of nitrogens with one attached hydrogen (secondary N) is 2. The monoisotopic (exact) mass is 132 g/mol. The molecule has 8 heavy (non-hydrogen) atoms. The first-order valence-corrected chi connectivity index (χ1v) is 3.90. The van der Waals surface area contributed by atoms with Crippen LogP contribution in [0.2, 0.25) is 0 Å². The Morgan fingerprint density at radius 1 is 1.75 bits per heavy atom. The predicted octanol–water partition coefficient (Wildman–Crippen LogP) is 1.28. The molecule has 0 heterocycles. The molecule has 0 amide bonds. The van der Waals surface area contributed by atoms with E-state index >= 15 is 0 Å². The number of hydrogen-bond acceptors (Lipinski definition) is 2. The highest BCUT2D eigenvalue weighted by Gasteiger charge is 1.86. The Bertz CT molecular complexity index is 72.8. The molecular formula is C5H12N2S. The highest BCUT2D eigenvalue weighted by molar-refractivity contribution is 8.13. The van der Waals surface area contributed by atoms with Gasteiger partial charge in [0, 0.05) is 6.54 Å². The molecule has 0 saturated heterocycles. The smallest absolute Gasteiger partial charge is 0.153 e. The van der Waals surface area contributed by atoms with Crippen molar-refractivity contribution in [1.82, 2.24) is 5.32 Å². The lowest BCUT2D eigenvalue weighted by molar-refractivity contribution is 0.845. The SMILES string of the molecule is CCCNC(=N)SC. The molecule has 0 saturated carbocycles. The Kier molecular flexibility index (Phi) is 4.85. The molecule has 0 aromatic heterocycles. The van der Waals surface area contributed by atoms with Crippen molar-refractivity contribution in [3.05, 3.63) is 0 Å². The van der Waals surface area contributed by atoms with Gasteiger partial charge in [0.05, 0.1) is 0 Å². The van der Waals surface area contributed by atoms with Crippen molar-refractivity contribution in [2.75, 3.05) is 12.8 Å². The van der Waals surface area contributed by atoms with E-state index in [0.29, 0.717) is 5.17 Å². The fourth-order valence-electron chi connectivity index (χ4n) is 0.311. The van der Waals surface area contributed by atoms with Crippen LogP contribution in [-0.4, -0.2) is 18.0 Å². The van der Waals surface area contributed by atoms with E-state index in [9.17, 15) is 0 Å². The number of rotatable bonds is 2. The van der Waals surface area contributed by atoms with E-state index in [1.807, 2.05) is 6.26 Å². The fourth-order valence-corrected chi connectivity index (χ4v) is 0.557. The second-order valence-electron chi connectivity index (χ2n) is 1.46. The van der Waals surface area contributed by atoms with Crippen LogP contribution in [-0.2, 0) is 0 Å². The van der Waals surface area contributed by atoms with Crippen LogP contribution >= 0.6 is 11.8 Å². The van der Waals surface area contributed by atoms with Crippen LogP contribution in [0.5, 0.6) is 0 Å². The van der Waals surface area contributed by atoms with Gasteiger partial charge in [-0.05, 0) is 12.7 Å². The first-order chi connectivity index (χ1) is 3.81. The third-order valence-electron chi connectivity index (χ3n) is 0.740. The molecule has 0 fully saturated rings. The third-order valence-corrected chi connectivity index (χ3v) is 1.29. The molecule has 2 nitrogen and oxygen atoms in total. The van der Waals surface area contributed by atoms with E-state index in [1.54, 1.807) is 0 Å². The molecule has 0 aliphatic heterocycles. The maximum Gasteiger partial charge on any atom is 0.153 e. The van der Waals surface area contributed by atoms with Gasteiger partial charge in [0.1, 0.15) is 0 Å². The maximum atomic E-state index is 7.09. The van der Waals surface area contributed by atoms with Gasteiger partial charge in [-0.15, -0.1) is 0 Å². The fraction of sp³-hybridized carbons (Fsp3) is 0.800. The average molecular weight is 132 g/mol. The quantitative estimate of drug-likeness (QED) is 0.438. The minimum absolute atomic E-state index is 0.562. The van der Waals surface area contributed by atoms with Gasteiger partial charge < -0.3 is 5.32 Å². The molecule has 2 N–H and O–H groups in total. The van der Waals surface area contributed by atoms with Gasteiger partial charge in [0.15, 0.2) is 5.17 Å². The highest BCUT2D eigenvalue weighted by atomic mass is 32.2. The van der Waals surface area contributed by atoms with Gasteiger partial charge in [-0.3, -0.25) is 5.41 Å². The molecule has 0 aromatic rings. The standard InChI is InChI=1S/C5H12N2S/c1-3-4-7-5(6)8-2/h3-4H2,1-2H3,(H2,6,7). The molecule has 3 heteroatoms. The van der Waals surface area contributed by atoms with Gasteiger partial charge in [-0.25, -0.2) is 0 Å². The molecule has 0 spiro atoms. The number of thioether (sulfide) groups is 1. The molecule has 0 aliphatic carbocycles. The minimum Gasteiger partial charge on any atom is -0.365 e. The summed E-state index contributed by atoms with van der Waals surface area (Å²) in [7, 11) is 0. The Hall–Kier alpha value is -0.180. The summed E-state index contributed by atoms with van der Waals surface area (Å²) in [5.74, 6) is 0. The van der Waals surface area contributed by atoms with Crippen molar-refractivity contribution in [3.8, 4) is 0 Å². The average Bonchev–Trinajstić information content (AvgIpc) is 1.83. The van der Waals surface area contributed by atoms with Crippen molar-refractivity contribution in [2.24, 2.45) is 0 Å². The highest BCUT2D eigenvalue weighted by Crippen LogP contribution is 1.89. The van der Waals surface area contributed by atoms with Crippen LogP contribution in [0.15, 0.2) is 0 Å². The van der Waals surface area contributed by atoms with Crippen LogP contribution in [0.3, 0.4) is 0 Å². The second-order valence-corrected chi connectivity index (χ2v) is 2.28. The summed E-state index contributed by atoms with van der Waals surface area (Å²) in [4.78, 5) is 0. The molecule has 0 radical (unpaired) electrons. The van der Waals surface area contributed by atoms with Gasteiger partial charge in [0.25, 0.3) is 0 Å². The van der Waals surface area contributed by atoms with Crippen LogP contribution < -0.4 is 5.32 Å². The second kappa shape index (κ2) is 4.97. The number of amidine groups is 1. The Morgan fingerprint density at radius 3 is 2.75 bits per heavy atom. The summed E-state index contributed by atoms with van der Waals surface area (Å²) in [5.41, 5.74) is 0. The summed E-state index contributed by atoms with van der Waals surface area (Å²) in [6.07, 6.45) is 2.98. The van der Waals surface area contributed by atoms with Crippen molar-refractivity contribution >= 4 is 16.9 Å². The molecule has 48 valence electrons. The minimum atomic E-state index is 0.562. The van der Waals surface area contributed by atoms with Crippen molar-refractivity contribution in [2.45, 2.75) is 13.3 Å². The maximum absolute atomic E-state index is 7.09. The third kappa shape index (κ3) is 3.99. The first-order valence-electron chi connectivity index (χ1n) is 2.67. The van der Waals surface area contributed by atoms with E-state index < -0.39 is 0 Å². The molecule has 0 unspecified atom stereocenters. The van der Waals surface area contributed by atoms with Crippen LogP contribution in [0.4, 0.5) is 0 Å². The van der Waals surface area contributed by atoms with Crippen LogP contribution in [0, 0.1) is 5.41 Å². The Balaban J connectivity index is 2.99. The van der Waals surface area contributed by atoms with Crippen molar-refractivity contribution < 1.29 is 0 Å². The van der Waals surface area contributed by atoms with E-state index in [-0.39, 0.29) is 0 Å². The summed E-state index contributed by atoms with van der Waals surface area (Å²) in [6, 6.07) is 0. The van der Waals surface area contributed by atoms with E-state index in [0.717, 1.165) is 13.0 Å². The van der Waals surface area contributed by atoms with Gasteiger partial charge >= 0.3 is 0 Å². The number of hydrogen-bond donors (Lipinski definition) is 2. The topological polar surface area (TPSA) is 35.9 Å².